The lowest BCUT2D eigenvalue weighted by Crippen LogP contribution is -2.53. The number of primary amides is 1. The minimum atomic E-state index is -0.628. The van der Waals surface area contributed by atoms with Crippen molar-refractivity contribution in [3.05, 3.63) is 65.2 Å². The molecule has 0 saturated heterocycles. The molecule has 0 unspecified atom stereocenters. The molecule has 142 valence electrons. The Hall–Kier alpha value is -2.86. The number of fused-ring (bicyclic) bond motifs is 1. The first-order chi connectivity index (χ1) is 12.8. The first-order valence-corrected chi connectivity index (χ1v) is 9.12. The fraction of sp³-hybridized carbons (Fsp3) is 0.333. The fourth-order valence-corrected chi connectivity index (χ4v) is 3.37. The van der Waals surface area contributed by atoms with Crippen LogP contribution in [-0.2, 0) is 13.0 Å². The number of benzene rings is 2. The van der Waals surface area contributed by atoms with Gasteiger partial charge in [-0.05, 0) is 55.7 Å². The zero-order chi connectivity index (χ0) is 19.4. The number of carbonyl (C=O) groups excluding carboxylic acids is 2. The number of hydrogen-bond acceptors (Lipinski definition) is 3. The molecule has 3 rings (SSSR count). The molecule has 6 nitrogen and oxygen atoms in total. The second kappa shape index (κ2) is 7.80. The second-order valence-corrected chi connectivity index (χ2v) is 7.50. The van der Waals surface area contributed by atoms with Crippen molar-refractivity contribution in [2.45, 2.75) is 32.4 Å². The van der Waals surface area contributed by atoms with Gasteiger partial charge in [-0.15, -0.1) is 0 Å². The molecule has 0 fully saturated rings. The van der Waals surface area contributed by atoms with Crippen LogP contribution in [0.4, 0.5) is 10.5 Å². The third kappa shape index (κ3) is 4.65. The Morgan fingerprint density at radius 1 is 1.07 bits per heavy atom. The second-order valence-electron chi connectivity index (χ2n) is 7.50. The van der Waals surface area contributed by atoms with Crippen molar-refractivity contribution in [1.29, 1.82) is 0 Å². The Bertz CT molecular complexity index is 830. The summed E-state index contributed by atoms with van der Waals surface area (Å²) >= 11 is 0. The van der Waals surface area contributed by atoms with E-state index in [1.54, 1.807) is 24.3 Å². The minimum absolute atomic E-state index is 0.133. The lowest BCUT2D eigenvalue weighted by molar-refractivity contribution is 0.0826. The minimum Gasteiger partial charge on any atom is -0.351 e. The SMILES string of the molecule is CC(C)(CNC(=O)c1ccc(NC(N)=O)cc1)N1CCc2ccccc2C1. The molecule has 1 aliphatic rings. The van der Waals surface area contributed by atoms with E-state index in [0.29, 0.717) is 17.8 Å². The van der Waals surface area contributed by atoms with Crippen LogP contribution >= 0.6 is 0 Å². The van der Waals surface area contributed by atoms with Crippen LogP contribution in [0.5, 0.6) is 0 Å². The number of nitrogens with zero attached hydrogens (tertiary/aromatic N) is 1. The van der Waals surface area contributed by atoms with E-state index in [2.05, 4.69) is 53.6 Å². The van der Waals surface area contributed by atoms with Gasteiger partial charge < -0.3 is 16.4 Å². The third-order valence-electron chi connectivity index (χ3n) is 5.08. The average molecular weight is 366 g/mol. The molecule has 0 spiro atoms. The highest BCUT2D eigenvalue weighted by Crippen LogP contribution is 2.25. The summed E-state index contributed by atoms with van der Waals surface area (Å²) < 4.78 is 0. The predicted octanol–water partition coefficient (Wildman–Crippen LogP) is 2.74. The maximum absolute atomic E-state index is 12.5. The zero-order valence-corrected chi connectivity index (χ0v) is 15.8. The van der Waals surface area contributed by atoms with Gasteiger partial charge in [-0.25, -0.2) is 4.79 Å². The van der Waals surface area contributed by atoms with Crippen molar-refractivity contribution in [1.82, 2.24) is 10.2 Å². The molecule has 0 atom stereocenters. The van der Waals surface area contributed by atoms with Crippen LogP contribution in [0, 0.1) is 0 Å². The molecule has 3 amide bonds. The van der Waals surface area contributed by atoms with Crippen LogP contribution in [0.3, 0.4) is 0 Å². The standard InChI is InChI=1S/C21H26N4O2/c1-21(2,25-12-11-15-5-3-4-6-17(15)13-25)14-23-19(26)16-7-9-18(10-8-16)24-20(22)27/h3-10H,11-14H2,1-2H3,(H,23,26)(H3,22,24,27). The molecule has 2 aromatic carbocycles. The van der Waals surface area contributed by atoms with Crippen molar-refractivity contribution >= 4 is 17.6 Å². The highest BCUT2D eigenvalue weighted by atomic mass is 16.2. The van der Waals surface area contributed by atoms with Crippen LogP contribution < -0.4 is 16.4 Å². The van der Waals surface area contributed by atoms with Gasteiger partial charge in [0, 0.05) is 36.4 Å². The van der Waals surface area contributed by atoms with E-state index >= 15 is 0 Å². The molecular weight excluding hydrogens is 340 g/mol. The number of rotatable bonds is 5. The van der Waals surface area contributed by atoms with E-state index < -0.39 is 6.03 Å². The fourth-order valence-electron chi connectivity index (χ4n) is 3.37. The molecule has 0 bridgehead atoms. The maximum Gasteiger partial charge on any atom is 0.316 e. The topological polar surface area (TPSA) is 87.5 Å². The largest absolute Gasteiger partial charge is 0.351 e. The quantitative estimate of drug-likeness (QED) is 0.760. The van der Waals surface area contributed by atoms with E-state index in [4.69, 9.17) is 5.73 Å². The van der Waals surface area contributed by atoms with E-state index in [1.165, 1.54) is 11.1 Å². The Kier molecular flexibility index (Phi) is 5.46. The van der Waals surface area contributed by atoms with Crippen LogP contribution in [0.15, 0.2) is 48.5 Å². The average Bonchev–Trinajstić information content (AvgIpc) is 2.66. The summed E-state index contributed by atoms with van der Waals surface area (Å²) in [7, 11) is 0. The molecule has 0 aromatic heterocycles. The maximum atomic E-state index is 12.5. The highest BCUT2D eigenvalue weighted by Gasteiger charge is 2.30. The van der Waals surface area contributed by atoms with Crippen molar-refractivity contribution < 1.29 is 9.59 Å². The van der Waals surface area contributed by atoms with Crippen LogP contribution in [0.1, 0.15) is 35.3 Å². The van der Waals surface area contributed by atoms with Crippen LogP contribution in [0.2, 0.25) is 0 Å². The molecular formula is C21H26N4O2. The summed E-state index contributed by atoms with van der Waals surface area (Å²) in [5.74, 6) is -0.133. The molecule has 27 heavy (non-hydrogen) atoms. The summed E-state index contributed by atoms with van der Waals surface area (Å²) in [6.45, 7) is 6.73. The van der Waals surface area contributed by atoms with Crippen molar-refractivity contribution in [2.24, 2.45) is 5.73 Å². The normalized spacial score (nSPS) is 14.3. The van der Waals surface area contributed by atoms with Crippen molar-refractivity contribution in [2.75, 3.05) is 18.4 Å². The van der Waals surface area contributed by atoms with E-state index in [1.807, 2.05) is 0 Å². The number of hydrogen-bond donors (Lipinski definition) is 3. The van der Waals surface area contributed by atoms with Gasteiger partial charge in [0.05, 0.1) is 0 Å². The van der Waals surface area contributed by atoms with Gasteiger partial charge in [0.1, 0.15) is 0 Å². The van der Waals surface area contributed by atoms with Crippen LogP contribution in [-0.4, -0.2) is 35.5 Å². The number of carbonyl (C=O) groups is 2. The van der Waals surface area contributed by atoms with Gasteiger partial charge in [-0.3, -0.25) is 9.69 Å². The number of amides is 3. The van der Waals surface area contributed by atoms with Gasteiger partial charge in [-0.1, -0.05) is 24.3 Å². The number of nitrogens with two attached hydrogens (primary N) is 1. The van der Waals surface area contributed by atoms with Gasteiger partial charge >= 0.3 is 6.03 Å². The van der Waals surface area contributed by atoms with Crippen molar-refractivity contribution in [3.63, 3.8) is 0 Å². The van der Waals surface area contributed by atoms with Gasteiger partial charge in [0.2, 0.25) is 0 Å². The van der Waals surface area contributed by atoms with Crippen molar-refractivity contribution in [3.8, 4) is 0 Å². The summed E-state index contributed by atoms with van der Waals surface area (Å²) in [4.78, 5) is 25.7. The number of anilines is 1. The number of urea groups is 1. The van der Waals surface area contributed by atoms with Gasteiger partial charge in [0.15, 0.2) is 0 Å². The lowest BCUT2D eigenvalue weighted by atomic mass is 9.94. The van der Waals surface area contributed by atoms with E-state index in [0.717, 1.165) is 19.5 Å². The Morgan fingerprint density at radius 2 is 1.74 bits per heavy atom. The Balaban J connectivity index is 1.58. The lowest BCUT2D eigenvalue weighted by Gasteiger charge is -2.41. The zero-order valence-electron chi connectivity index (χ0n) is 15.8. The first kappa shape index (κ1) is 18.9. The Morgan fingerprint density at radius 3 is 2.41 bits per heavy atom. The Labute approximate surface area is 159 Å². The summed E-state index contributed by atoms with van der Waals surface area (Å²) in [5.41, 5.74) is 8.81. The van der Waals surface area contributed by atoms with Gasteiger partial charge in [-0.2, -0.15) is 0 Å². The molecule has 0 aliphatic carbocycles. The first-order valence-electron chi connectivity index (χ1n) is 9.12. The molecule has 6 heteroatoms. The van der Waals surface area contributed by atoms with Gasteiger partial charge in [0.25, 0.3) is 5.91 Å². The summed E-state index contributed by atoms with van der Waals surface area (Å²) in [6, 6.07) is 14.6. The smallest absolute Gasteiger partial charge is 0.316 e. The highest BCUT2D eigenvalue weighted by molar-refractivity contribution is 5.95. The molecule has 4 N–H and O–H groups in total. The van der Waals surface area contributed by atoms with E-state index in [9.17, 15) is 9.59 Å². The predicted molar refractivity (Wildman–Crippen MR) is 107 cm³/mol. The third-order valence-corrected chi connectivity index (χ3v) is 5.08. The summed E-state index contributed by atoms with van der Waals surface area (Å²) in [6.07, 6.45) is 1.03. The summed E-state index contributed by atoms with van der Waals surface area (Å²) in [5, 5.41) is 5.51. The molecule has 2 aromatic rings. The van der Waals surface area contributed by atoms with E-state index in [-0.39, 0.29) is 11.4 Å². The molecule has 0 saturated carbocycles. The molecule has 1 heterocycles. The monoisotopic (exact) mass is 366 g/mol. The number of nitrogens with one attached hydrogen (secondary N) is 2. The molecule has 1 aliphatic heterocycles. The molecule has 0 radical (unpaired) electrons. The van der Waals surface area contributed by atoms with Crippen LogP contribution in [0.25, 0.3) is 0 Å².